The van der Waals surface area contributed by atoms with Crippen LogP contribution >= 0.6 is 0 Å². The highest BCUT2D eigenvalue weighted by Crippen LogP contribution is 2.42. The number of carbonyl (C=O) groups excluding carboxylic acids is 1. The number of halogens is 3. The fourth-order valence-electron chi connectivity index (χ4n) is 4.75. The Morgan fingerprint density at radius 1 is 1.07 bits per heavy atom. The average Bonchev–Trinajstić information content (AvgIpc) is 3.35. The highest BCUT2D eigenvalue weighted by Gasteiger charge is 2.42. The van der Waals surface area contributed by atoms with E-state index < -0.39 is 17.8 Å². The van der Waals surface area contributed by atoms with Gasteiger partial charge in [0.25, 0.3) is 0 Å². The summed E-state index contributed by atoms with van der Waals surface area (Å²) in [7, 11) is 0. The Bertz CT molecular complexity index is 1090. The minimum atomic E-state index is -4.52. The molecule has 4 nitrogen and oxygen atoms in total. The molecule has 3 aromatic rings. The number of alkyl halides is 3. The summed E-state index contributed by atoms with van der Waals surface area (Å²) in [5.41, 5.74) is 2.80. The largest absolute Gasteiger partial charge is 0.435 e. The van der Waals surface area contributed by atoms with Gasteiger partial charge in [0.05, 0.1) is 0 Å². The molecular weight excluding hydrogens is 391 g/mol. The normalized spacial score (nSPS) is 20.7. The number of aryl methyl sites for hydroxylation is 1. The van der Waals surface area contributed by atoms with Crippen LogP contribution < -0.4 is 4.90 Å². The summed E-state index contributed by atoms with van der Waals surface area (Å²) in [5, 5.41) is 5.98. The molecule has 1 aliphatic heterocycles. The van der Waals surface area contributed by atoms with Crippen LogP contribution in [0.2, 0.25) is 0 Å². The second-order valence-electron chi connectivity index (χ2n) is 7.94. The van der Waals surface area contributed by atoms with Crippen LogP contribution in [0.15, 0.2) is 54.6 Å². The average molecular weight is 411 g/mol. The Morgan fingerprint density at radius 2 is 1.80 bits per heavy atom. The maximum Gasteiger partial charge on any atom is 0.435 e. The van der Waals surface area contributed by atoms with E-state index in [2.05, 4.69) is 10.2 Å². The zero-order valence-electron chi connectivity index (χ0n) is 16.1. The Morgan fingerprint density at radius 3 is 2.57 bits per heavy atom. The molecule has 1 amide bonds. The molecule has 7 heteroatoms. The molecule has 2 unspecified atom stereocenters. The first kappa shape index (κ1) is 18.9. The lowest BCUT2D eigenvalue weighted by atomic mass is 9.85. The third-order valence-corrected chi connectivity index (χ3v) is 6.20. The zero-order chi connectivity index (χ0) is 20.9. The summed E-state index contributed by atoms with van der Waals surface area (Å²) in [6.45, 7) is 0.503. The van der Waals surface area contributed by atoms with E-state index in [-0.39, 0.29) is 23.8 Å². The van der Waals surface area contributed by atoms with Gasteiger partial charge in [0, 0.05) is 35.3 Å². The van der Waals surface area contributed by atoms with E-state index in [0.29, 0.717) is 25.1 Å². The predicted molar refractivity (Wildman–Crippen MR) is 106 cm³/mol. The number of aromatic amines is 1. The molecule has 0 saturated carbocycles. The van der Waals surface area contributed by atoms with Crippen LogP contribution in [0.4, 0.5) is 18.9 Å². The van der Waals surface area contributed by atoms with Crippen molar-refractivity contribution in [2.45, 2.75) is 31.4 Å². The van der Waals surface area contributed by atoms with Crippen molar-refractivity contribution in [1.29, 1.82) is 0 Å². The van der Waals surface area contributed by atoms with Crippen molar-refractivity contribution in [2.75, 3.05) is 11.4 Å². The van der Waals surface area contributed by atoms with E-state index in [1.54, 1.807) is 4.90 Å². The lowest BCUT2D eigenvalue weighted by Crippen LogP contribution is -2.38. The number of hydrogen-bond acceptors (Lipinski definition) is 2. The van der Waals surface area contributed by atoms with Crippen LogP contribution in [-0.2, 0) is 23.8 Å². The number of anilines is 1. The van der Waals surface area contributed by atoms with Crippen molar-refractivity contribution in [1.82, 2.24) is 10.2 Å². The van der Waals surface area contributed by atoms with E-state index in [0.717, 1.165) is 16.8 Å². The van der Waals surface area contributed by atoms with Gasteiger partial charge in [-0.25, -0.2) is 0 Å². The molecule has 0 fully saturated rings. The highest BCUT2D eigenvalue weighted by molar-refractivity contribution is 5.98. The molecule has 0 radical (unpaired) electrons. The van der Waals surface area contributed by atoms with E-state index >= 15 is 0 Å². The number of para-hydroxylation sites is 1. The number of amides is 1. The summed E-state index contributed by atoms with van der Waals surface area (Å²) >= 11 is 0. The second-order valence-corrected chi connectivity index (χ2v) is 7.94. The molecule has 0 bridgehead atoms. The molecular formula is C23H20F3N3O. The van der Waals surface area contributed by atoms with Gasteiger partial charge in [0.15, 0.2) is 5.69 Å². The molecule has 5 rings (SSSR count). The monoisotopic (exact) mass is 411 g/mol. The van der Waals surface area contributed by atoms with Crippen molar-refractivity contribution in [3.63, 3.8) is 0 Å². The summed E-state index contributed by atoms with van der Waals surface area (Å²) < 4.78 is 39.9. The molecule has 2 atom stereocenters. The van der Waals surface area contributed by atoms with Crippen molar-refractivity contribution >= 4 is 11.6 Å². The SMILES string of the molecule is O=C(C1CCc2[nH]nc(C(F)(F)F)c2C1)N1CC(c2ccccc2)c2ccccc21. The number of fused-ring (bicyclic) bond motifs is 2. The zero-order valence-corrected chi connectivity index (χ0v) is 16.1. The highest BCUT2D eigenvalue weighted by atomic mass is 19.4. The van der Waals surface area contributed by atoms with Gasteiger partial charge in [-0.15, -0.1) is 0 Å². The number of H-pyrrole nitrogens is 1. The van der Waals surface area contributed by atoms with Gasteiger partial charge in [-0.1, -0.05) is 48.5 Å². The van der Waals surface area contributed by atoms with Gasteiger partial charge in [-0.3, -0.25) is 9.89 Å². The molecule has 1 aromatic heterocycles. The van der Waals surface area contributed by atoms with Gasteiger partial charge in [0.1, 0.15) is 0 Å². The maximum absolute atomic E-state index is 13.4. The van der Waals surface area contributed by atoms with Crippen LogP contribution in [0.5, 0.6) is 0 Å². The van der Waals surface area contributed by atoms with Crippen molar-refractivity contribution < 1.29 is 18.0 Å². The molecule has 30 heavy (non-hydrogen) atoms. The molecule has 154 valence electrons. The van der Waals surface area contributed by atoms with Gasteiger partial charge >= 0.3 is 6.18 Å². The topological polar surface area (TPSA) is 49.0 Å². The van der Waals surface area contributed by atoms with Gasteiger partial charge in [-0.05, 0) is 36.5 Å². The quantitative estimate of drug-likeness (QED) is 0.664. The second kappa shape index (κ2) is 7.00. The first-order chi connectivity index (χ1) is 14.4. The fourth-order valence-corrected chi connectivity index (χ4v) is 4.75. The molecule has 2 aliphatic rings. The van der Waals surface area contributed by atoms with Gasteiger partial charge in [-0.2, -0.15) is 18.3 Å². The molecule has 2 aromatic carbocycles. The summed E-state index contributed by atoms with van der Waals surface area (Å²) in [5.74, 6) is -0.537. The number of aromatic nitrogens is 2. The number of carbonyl (C=O) groups is 1. The van der Waals surface area contributed by atoms with Crippen LogP contribution in [0.3, 0.4) is 0 Å². The number of rotatable bonds is 2. The van der Waals surface area contributed by atoms with E-state index in [1.165, 1.54) is 0 Å². The Hall–Kier alpha value is -3.09. The Balaban J connectivity index is 1.44. The van der Waals surface area contributed by atoms with Crippen LogP contribution in [0.25, 0.3) is 0 Å². The third-order valence-electron chi connectivity index (χ3n) is 6.20. The van der Waals surface area contributed by atoms with Crippen LogP contribution in [-0.4, -0.2) is 22.6 Å². The minimum Gasteiger partial charge on any atom is -0.311 e. The molecule has 1 aliphatic carbocycles. The molecule has 0 saturated heterocycles. The van der Waals surface area contributed by atoms with E-state index in [4.69, 9.17) is 0 Å². The van der Waals surface area contributed by atoms with Crippen LogP contribution in [0, 0.1) is 5.92 Å². The van der Waals surface area contributed by atoms with Crippen molar-refractivity contribution in [3.8, 4) is 0 Å². The predicted octanol–water partition coefficient (Wildman–Crippen LogP) is 4.71. The fraction of sp³-hybridized carbons (Fsp3) is 0.304. The Labute approximate surface area is 171 Å². The first-order valence-corrected chi connectivity index (χ1v) is 10.0. The number of nitrogens with zero attached hydrogens (tertiary/aromatic N) is 2. The molecule has 1 N–H and O–H groups in total. The Kier molecular flexibility index (Phi) is 4.41. The van der Waals surface area contributed by atoms with Gasteiger partial charge < -0.3 is 4.90 Å². The minimum absolute atomic E-state index is 0.0603. The summed E-state index contributed by atoms with van der Waals surface area (Å²) in [6, 6.07) is 17.8. The van der Waals surface area contributed by atoms with E-state index in [9.17, 15) is 18.0 Å². The lowest BCUT2D eigenvalue weighted by molar-refractivity contribution is -0.142. The maximum atomic E-state index is 13.4. The standard InChI is InChI=1S/C23H20F3N3O/c24-23(25,26)21-17-12-15(10-11-19(17)27-28-21)22(30)29-13-18(14-6-2-1-3-7-14)16-8-4-5-9-20(16)29/h1-9,15,18H,10-13H2,(H,27,28). The number of hydrogen-bond donors (Lipinski definition) is 1. The number of benzene rings is 2. The smallest absolute Gasteiger partial charge is 0.311 e. The van der Waals surface area contributed by atoms with E-state index in [1.807, 2.05) is 54.6 Å². The summed E-state index contributed by atoms with van der Waals surface area (Å²) in [4.78, 5) is 15.2. The van der Waals surface area contributed by atoms with Gasteiger partial charge in [0.2, 0.25) is 5.91 Å². The van der Waals surface area contributed by atoms with Crippen molar-refractivity contribution in [2.24, 2.45) is 5.92 Å². The first-order valence-electron chi connectivity index (χ1n) is 10.0. The van der Waals surface area contributed by atoms with Crippen LogP contribution in [0.1, 0.15) is 40.4 Å². The van der Waals surface area contributed by atoms with Crippen molar-refractivity contribution in [3.05, 3.63) is 82.7 Å². The molecule has 2 heterocycles. The number of nitrogens with one attached hydrogen (secondary N) is 1. The lowest BCUT2D eigenvalue weighted by Gasteiger charge is -2.27. The third kappa shape index (κ3) is 3.09. The summed E-state index contributed by atoms with van der Waals surface area (Å²) in [6.07, 6.45) is -3.55. The molecule has 0 spiro atoms.